The van der Waals surface area contributed by atoms with Gasteiger partial charge in [-0.1, -0.05) is 11.6 Å². The van der Waals surface area contributed by atoms with Crippen LogP contribution in [0, 0.1) is 10.1 Å². The van der Waals surface area contributed by atoms with E-state index in [1.54, 1.807) is 0 Å². The molecule has 1 rings (SSSR count). The van der Waals surface area contributed by atoms with E-state index < -0.39 is 35.8 Å². The first kappa shape index (κ1) is 14.4. The first-order chi connectivity index (χ1) is 8.49. The van der Waals surface area contributed by atoms with Gasteiger partial charge in [0.25, 0.3) is 11.6 Å². The van der Waals surface area contributed by atoms with Crippen LogP contribution in [0.4, 0.5) is 5.69 Å². The van der Waals surface area contributed by atoms with E-state index in [1.165, 1.54) is 6.07 Å². The molecule has 0 bridgehead atoms. The molecule has 0 aliphatic rings. The number of benzene rings is 1. The van der Waals surface area contributed by atoms with Crippen molar-refractivity contribution in [1.29, 1.82) is 0 Å². The molecule has 8 heteroatoms. The number of aliphatic hydroxyl groups excluding tert-OH is 2. The first-order valence-corrected chi connectivity index (χ1v) is 5.34. The van der Waals surface area contributed by atoms with Crippen molar-refractivity contribution < 1.29 is 19.9 Å². The molecule has 0 aromatic heterocycles. The Morgan fingerprint density at radius 3 is 2.56 bits per heavy atom. The van der Waals surface area contributed by atoms with Gasteiger partial charge in [-0.05, 0) is 12.1 Å². The fraction of sp³-hybridized carbons (Fsp3) is 0.300. The van der Waals surface area contributed by atoms with Crippen LogP contribution in [0.2, 0.25) is 5.02 Å². The second-order valence-electron chi connectivity index (χ2n) is 3.45. The van der Waals surface area contributed by atoms with Gasteiger partial charge in [-0.15, -0.1) is 0 Å². The standard InChI is InChI=1S/C10H11ClN2O5/c11-6-1-2-9(13(17)18)8(3-6)10(16)12-7(4-14)5-15/h1-3,7,14-15H,4-5H2,(H,12,16). The van der Waals surface area contributed by atoms with Crippen LogP contribution in [-0.4, -0.2) is 40.3 Å². The van der Waals surface area contributed by atoms with Crippen molar-refractivity contribution in [1.82, 2.24) is 5.32 Å². The Balaban J connectivity index is 3.03. The molecule has 0 fully saturated rings. The summed E-state index contributed by atoms with van der Waals surface area (Å²) in [5, 5.41) is 30.8. The van der Waals surface area contributed by atoms with Gasteiger partial charge in [-0.2, -0.15) is 0 Å². The molecule has 0 aliphatic carbocycles. The highest BCUT2D eigenvalue weighted by Crippen LogP contribution is 2.22. The summed E-state index contributed by atoms with van der Waals surface area (Å²) in [5.41, 5.74) is -0.620. The van der Waals surface area contributed by atoms with Crippen molar-refractivity contribution in [2.24, 2.45) is 0 Å². The van der Waals surface area contributed by atoms with Gasteiger partial charge in [0.2, 0.25) is 0 Å². The molecule has 0 saturated carbocycles. The van der Waals surface area contributed by atoms with Crippen molar-refractivity contribution in [2.75, 3.05) is 13.2 Å². The molecule has 0 aliphatic heterocycles. The van der Waals surface area contributed by atoms with E-state index in [1.807, 2.05) is 0 Å². The van der Waals surface area contributed by atoms with E-state index in [2.05, 4.69) is 5.32 Å². The molecular weight excluding hydrogens is 264 g/mol. The molecule has 0 atom stereocenters. The topological polar surface area (TPSA) is 113 Å². The minimum Gasteiger partial charge on any atom is -0.394 e. The molecule has 0 radical (unpaired) electrons. The lowest BCUT2D eigenvalue weighted by Gasteiger charge is -2.13. The summed E-state index contributed by atoms with van der Waals surface area (Å²) in [7, 11) is 0. The van der Waals surface area contributed by atoms with Crippen LogP contribution in [0.1, 0.15) is 10.4 Å². The number of hydrogen-bond donors (Lipinski definition) is 3. The molecule has 1 amide bonds. The van der Waals surface area contributed by atoms with Gasteiger partial charge >= 0.3 is 0 Å². The van der Waals surface area contributed by atoms with Crippen LogP contribution in [0.3, 0.4) is 0 Å². The summed E-state index contributed by atoms with van der Waals surface area (Å²) in [6.07, 6.45) is 0. The zero-order chi connectivity index (χ0) is 13.7. The molecule has 0 spiro atoms. The minimum absolute atomic E-state index is 0.176. The van der Waals surface area contributed by atoms with Crippen LogP contribution in [-0.2, 0) is 0 Å². The molecule has 7 nitrogen and oxygen atoms in total. The molecule has 98 valence electrons. The number of aliphatic hydroxyl groups is 2. The lowest BCUT2D eigenvalue weighted by atomic mass is 10.1. The predicted molar refractivity (Wildman–Crippen MR) is 63.5 cm³/mol. The van der Waals surface area contributed by atoms with Gasteiger partial charge in [0, 0.05) is 11.1 Å². The van der Waals surface area contributed by atoms with Crippen LogP contribution in [0.25, 0.3) is 0 Å². The maximum Gasteiger partial charge on any atom is 0.282 e. The van der Waals surface area contributed by atoms with Crippen LogP contribution in [0.15, 0.2) is 18.2 Å². The second-order valence-corrected chi connectivity index (χ2v) is 3.89. The van der Waals surface area contributed by atoms with Gasteiger partial charge in [-0.3, -0.25) is 14.9 Å². The fourth-order valence-corrected chi connectivity index (χ4v) is 1.43. The van der Waals surface area contributed by atoms with Crippen molar-refractivity contribution >= 4 is 23.2 Å². The Labute approximate surface area is 107 Å². The molecule has 18 heavy (non-hydrogen) atoms. The molecule has 0 saturated heterocycles. The van der Waals surface area contributed by atoms with Crippen molar-refractivity contribution in [3.05, 3.63) is 38.9 Å². The Morgan fingerprint density at radius 2 is 2.06 bits per heavy atom. The Bertz CT molecular complexity index is 462. The molecule has 3 N–H and O–H groups in total. The summed E-state index contributed by atoms with van der Waals surface area (Å²) in [5.74, 6) is -0.780. The van der Waals surface area contributed by atoms with E-state index >= 15 is 0 Å². The maximum atomic E-state index is 11.8. The largest absolute Gasteiger partial charge is 0.394 e. The summed E-state index contributed by atoms with van der Waals surface area (Å²) in [6.45, 7) is -0.951. The van der Waals surface area contributed by atoms with Crippen LogP contribution >= 0.6 is 11.6 Å². The molecule has 1 aromatic carbocycles. The number of carbonyl (C=O) groups excluding carboxylic acids is 1. The van der Waals surface area contributed by atoms with Gasteiger partial charge in [-0.25, -0.2) is 0 Å². The quantitative estimate of drug-likeness (QED) is 0.529. The third-order valence-corrected chi connectivity index (χ3v) is 2.41. The third-order valence-electron chi connectivity index (χ3n) is 2.18. The highest BCUT2D eigenvalue weighted by atomic mass is 35.5. The number of nitrogens with zero attached hydrogens (tertiary/aromatic N) is 1. The number of rotatable bonds is 5. The SMILES string of the molecule is O=C(NC(CO)CO)c1cc(Cl)ccc1[N+](=O)[O-]. The van der Waals surface area contributed by atoms with E-state index in [9.17, 15) is 14.9 Å². The highest BCUT2D eigenvalue weighted by molar-refractivity contribution is 6.31. The first-order valence-electron chi connectivity index (χ1n) is 4.96. The van der Waals surface area contributed by atoms with E-state index in [0.717, 1.165) is 12.1 Å². The minimum atomic E-state index is -0.879. The summed E-state index contributed by atoms with van der Waals surface area (Å²) < 4.78 is 0. The molecule has 0 heterocycles. The smallest absolute Gasteiger partial charge is 0.282 e. The Morgan fingerprint density at radius 1 is 1.44 bits per heavy atom. The number of hydrogen-bond acceptors (Lipinski definition) is 5. The van der Waals surface area contributed by atoms with Crippen molar-refractivity contribution in [2.45, 2.75) is 6.04 Å². The normalized spacial score (nSPS) is 10.4. The monoisotopic (exact) mass is 274 g/mol. The third kappa shape index (κ3) is 3.39. The number of nitro groups is 1. The average molecular weight is 275 g/mol. The van der Waals surface area contributed by atoms with Gasteiger partial charge < -0.3 is 15.5 Å². The highest BCUT2D eigenvalue weighted by Gasteiger charge is 2.22. The molecule has 0 unspecified atom stereocenters. The lowest BCUT2D eigenvalue weighted by Crippen LogP contribution is -2.40. The predicted octanol–water partition coefficient (Wildman–Crippen LogP) is 0.331. The van der Waals surface area contributed by atoms with Gasteiger partial charge in [0.15, 0.2) is 0 Å². The summed E-state index contributed by atoms with van der Waals surface area (Å²) in [4.78, 5) is 21.8. The number of amides is 1. The summed E-state index contributed by atoms with van der Waals surface area (Å²) >= 11 is 5.67. The molecule has 1 aromatic rings. The lowest BCUT2D eigenvalue weighted by molar-refractivity contribution is -0.385. The van der Waals surface area contributed by atoms with E-state index in [-0.39, 0.29) is 10.6 Å². The van der Waals surface area contributed by atoms with Crippen LogP contribution < -0.4 is 5.32 Å². The van der Waals surface area contributed by atoms with Crippen molar-refractivity contribution in [3.8, 4) is 0 Å². The zero-order valence-electron chi connectivity index (χ0n) is 9.17. The Kier molecular flexibility index (Phi) is 5.02. The van der Waals surface area contributed by atoms with Gasteiger partial charge in [0.05, 0.1) is 24.2 Å². The van der Waals surface area contributed by atoms with Crippen molar-refractivity contribution in [3.63, 3.8) is 0 Å². The Hall–Kier alpha value is -1.70. The number of nitro benzene ring substituents is 1. The molecular formula is C10H11ClN2O5. The number of nitrogens with one attached hydrogen (secondary N) is 1. The van der Waals surface area contributed by atoms with E-state index in [0.29, 0.717) is 0 Å². The zero-order valence-corrected chi connectivity index (χ0v) is 9.92. The number of halogens is 1. The average Bonchev–Trinajstić information content (AvgIpc) is 2.35. The van der Waals surface area contributed by atoms with Crippen LogP contribution in [0.5, 0.6) is 0 Å². The summed E-state index contributed by atoms with van der Waals surface area (Å²) in [6, 6.07) is 2.69. The second kappa shape index (κ2) is 6.29. The van der Waals surface area contributed by atoms with E-state index in [4.69, 9.17) is 21.8 Å². The fourth-order valence-electron chi connectivity index (χ4n) is 1.26. The number of carbonyl (C=O) groups is 1. The van der Waals surface area contributed by atoms with Gasteiger partial charge in [0.1, 0.15) is 5.56 Å². The maximum absolute atomic E-state index is 11.8.